The second-order valence-electron chi connectivity index (χ2n) is 7.53. The first-order valence-electron chi connectivity index (χ1n) is 9.77. The maximum Gasteiger partial charge on any atom is 0.229 e. The highest BCUT2D eigenvalue weighted by atomic mass is 15.4. The third kappa shape index (κ3) is 3.08. The number of nitrogen functional groups attached to an aromatic ring is 1. The zero-order chi connectivity index (χ0) is 20.0. The molecule has 0 spiro atoms. The highest BCUT2D eigenvalue weighted by molar-refractivity contribution is 5.86. The predicted molar refractivity (Wildman–Crippen MR) is 110 cm³/mol. The minimum absolute atomic E-state index is 0.214. The molecule has 148 valence electrons. The highest BCUT2D eigenvalue weighted by Crippen LogP contribution is 2.27. The van der Waals surface area contributed by atoms with Gasteiger partial charge in [0.1, 0.15) is 11.6 Å². The molecule has 4 heterocycles. The van der Waals surface area contributed by atoms with E-state index in [4.69, 9.17) is 5.73 Å². The van der Waals surface area contributed by atoms with Gasteiger partial charge in [-0.3, -0.25) is 4.68 Å². The van der Waals surface area contributed by atoms with Crippen molar-refractivity contribution in [3.05, 3.63) is 53.7 Å². The molecule has 0 radical (unpaired) electrons. The number of nitrogens with zero attached hydrogens (tertiary/aromatic N) is 8. The molecule has 0 unspecified atom stereocenters. The average molecular weight is 389 g/mol. The van der Waals surface area contributed by atoms with Crippen LogP contribution in [0, 0.1) is 0 Å². The van der Waals surface area contributed by atoms with E-state index in [-0.39, 0.29) is 6.04 Å². The van der Waals surface area contributed by atoms with Crippen LogP contribution in [0.1, 0.15) is 30.2 Å². The van der Waals surface area contributed by atoms with Crippen molar-refractivity contribution >= 4 is 22.8 Å². The lowest BCUT2D eigenvalue weighted by Crippen LogP contribution is -2.38. The molecule has 5 rings (SSSR count). The minimum Gasteiger partial charge on any atom is -0.383 e. The van der Waals surface area contributed by atoms with Gasteiger partial charge < -0.3 is 15.2 Å². The van der Waals surface area contributed by atoms with E-state index in [9.17, 15) is 0 Å². The number of aryl methyl sites for hydroxylation is 3. The van der Waals surface area contributed by atoms with Gasteiger partial charge in [-0.05, 0) is 18.9 Å². The van der Waals surface area contributed by atoms with Gasteiger partial charge in [-0.2, -0.15) is 15.1 Å². The van der Waals surface area contributed by atoms with Crippen LogP contribution in [0.15, 0.2) is 36.5 Å². The van der Waals surface area contributed by atoms with Crippen molar-refractivity contribution in [2.24, 2.45) is 7.05 Å². The van der Waals surface area contributed by atoms with Gasteiger partial charge in [-0.15, -0.1) is 10.2 Å². The zero-order valence-electron chi connectivity index (χ0n) is 16.5. The second kappa shape index (κ2) is 6.84. The van der Waals surface area contributed by atoms with Crippen molar-refractivity contribution in [3.63, 3.8) is 0 Å². The van der Waals surface area contributed by atoms with Crippen LogP contribution in [-0.4, -0.2) is 41.1 Å². The molecule has 3 aromatic heterocycles. The van der Waals surface area contributed by atoms with Crippen LogP contribution < -0.4 is 10.6 Å². The Labute approximate surface area is 168 Å². The summed E-state index contributed by atoms with van der Waals surface area (Å²) in [7, 11) is 1.85. The van der Waals surface area contributed by atoms with Gasteiger partial charge in [0, 0.05) is 20.0 Å². The summed E-state index contributed by atoms with van der Waals surface area (Å²) in [6.07, 6.45) is 3.51. The molecule has 1 aliphatic rings. The molecule has 0 saturated heterocycles. The van der Waals surface area contributed by atoms with E-state index in [0.717, 1.165) is 42.1 Å². The quantitative estimate of drug-likeness (QED) is 0.568. The fourth-order valence-corrected chi connectivity index (χ4v) is 4.01. The van der Waals surface area contributed by atoms with E-state index in [0.29, 0.717) is 18.3 Å². The van der Waals surface area contributed by atoms with Crippen molar-refractivity contribution in [2.75, 3.05) is 17.2 Å². The fourth-order valence-electron chi connectivity index (χ4n) is 4.01. The van der Waals surface area contributed by atoms with Crippen LogP contribution in [0.3, 0.4) is 0 Å². The smallest absolute Gasteiger partial charge is 0.229 e. The molecule has 29 heavy (non-hydrogen) atoms. The first-order chi connectivity index (χ1) is 14.1. The van der Waals surface area contributed by atoms with E-state index in [1.807, 2.05) is 13.1 Å². The topological polar surface area (TPSA) is 104 Å². The summed E-state index contributed by atoms with van der Waals surface area (Å²) in [6, 6.07) is 10.7. The Kier molecular flexibility index (Phi) is 4.15. The Morgan fingerprint density at radius 2 is 1.93 bits per heavy atom. The van der Waals surface area contributed by atoms with Crippen molar-refractivity contribution in [2.45, 2.75) is 32.4 Å². The van der Waals surface area contributed by atoms with Crippen LogP contribution in [0.25, 0.3) is 11.0 Å². The lowest BCUT2D eigenvalue weighted by Gasteiger charge is -2.32. The number of rotatable bonds is 4. The molecule has 9 heteroatoms. The Balaban J connectivity index is 1.40. The molecule has 1 aromatic carbocycles. The molecule has 0 bridgehead atoms. The fraction of sp³-hybridized carbons (Fsp3) is 0.350. The van der Waals surface area contributed by atoms with Crippen molar-refractivity contribution in [1.82, 2.24) is 34.5 Å². The monoisotopic (exact) mass is 389 g/mol. The van der Waals surface area contributed by atoms with E-state index in [1.54, 1.807) is 10.9 Å². The van der Waals surface area contributed by atoms with Crippen LogP contribution in [-0.2, 0) is 26.4 Å². The van der Waals surface area contributed by atoms with Crippen LogP contribution in [0.2, 0.25) is 0 Å². The van der Waals surface area contributed by atoms with Gasteiger partial charge in [-0.1, -0.05) is 30.3 Å². The molecular formula is C20H23N9. The molecule has 1 aliphatic heterocycles. The summed E-state index contributed by atoms with van der Waals surface area (Å²) in [5, 5.41) is 13.9. The molecular weight excluding hydrogens is 366 g/mol. The van der Waals surface area contributed by atoms with Gasteiger partial charge >= 0.3 is 0 Å². The summed E-state index contributed by atoms with van der Waals surface area (Å²) in [5.74, 6) is 3.00. The zero-order valence-corrected chi connectivity index (χ0v) is 16.5. The molecule has 4 aromatic rings. The lowest BCUT2D eigenvalue weighted by atomic mass is 10.1. The largest absolute Gasteiger partial charge is 0.383 e. The van der Waals surface area contributed by atoms with Crippen LogP contribution >= 0.6 is 0 Å². The summed E-state index contributed by atoms with van der Waals surface area (Å²) >= 11 is 0. The van der Waals surface area contributed by atoms with Crippen LogP contribution in [0.5, 0.6) is 0 Å². The number of nitrogens with two attached hydrogens (primary N) is 1. The van der Waals surface area contributed by atoms with E-state index in [2.05, 4.69) is 65.9 Å². The SMILES string of the molecule is C[C@H]1CN(c2nc(N)c3cnn(C)c3n2)Cc2nnc(CCc3ccccc3)n21. The highest BCUT2D eigenvalue weighted by Gasteiger charge is 2.28. The first kappa shape index (κ1) is 17.6. The number of hydrogen-bond donors (Lipinski definition) is 1. The third-order valence-electron chi connectivity index (χ3n) is 5.47. The average Bonchev–Trinajstić information content (AvgIpc) is 3.31. The normalized spacial score (nSPS) is 16.3. The molecule has 9 nitrogen and oxygen atoms in total. The minimum atomic E-state index is 0.214. The van der Waals surface area contributed by atoms with Gasteiger partial charge in [0.15, 0.2) is 11.5 Å². The van der Waals surface area contributed by atoms with Gasteiger partial charge in [0.25, 0.3) is 0 Å². The number of fused-ring (bicyclic) bond motifs is 2. The molecule has 1 atom stereocenters. The number of hydrogen-bond acceptors (Lipinski definition) is 7. The van der Waals surface area contributed by atoms with Gasteiger partial charge in [0.2, 0.25) is 5.95 Å². The van der Waals surface area contributed by atoms with E-state index in [1.165, 1.54) is 5.56 Å². The molecule has 0 fully saturated rings. The summed E-state index contributed by atoms with van der Waals surface area (Å²) in [4.78, 5) is 11.3. The lowest BCUT2D eigenvalue weighted by molar-refractivity contribution is 0.445. The van der Waals surface area contributed by atoms with Crippen molar-refractivity contribution in [1.29, 1.82) is 0 Å². The van der Waals surface area contributed by atoms with Gasteiger partial charge in [-0.25, -0.2) is 0 Å². The summed E-state index contributed by atoms with van der Waals surface area (Å²) in [6.45, 7) is 3.55. The van der Waals surface area contributed by atoms with Crippen molar-refractivity contribution in [3.8, 4) is 0 Å². The third-order valence-corrected chi connectivity index (χ3v) is 5.47. The summed E-state index contributed by atoms with van der Waals surface area (Å²) in [5.41, 5.74) is 8.18. The van der Waals surface area contributed by atoms with E-state index < -0.39 is 0 Å². The molecule has 0 saturated carbocycles. The predicted octanol–water partition coefficient (Wildman–Crippen LogP) is 1.90. The standard InChI is InChI=1S/C20H23N9/c1-13-11-28(20-23-18(21)15-10-22-27(2)19(15)24-20)12-17-26-25-16(29(13)17)9-8-14-6-4-3-5-7-14/h3-7,10,13H,8-9,11-12H2,1-2H3,(H2,21,23,24)/t13-/m0/s1. The number of aromatic nitrogens is 7. The Hall–Kier alpha value is -3.49. The van der Waals surface area contributed by atoms with E-state index >= 15 is 0 Å². The summed E-state index contributed by atoms with van der Waals surface area (Å²) < 4.78 is 3.97. The van der Waals surface area contributed by atoms with Crippen LogP contribution in [0.4, 0.5) is 11.8 Å². The first-order valence-corrected chi connectivity index (χ1v) is 9.77. The van der Waals surface area contributed by atoms with Gasteiger partial charge in [0.05, 0.1) is 24.2 Å². The molecule has 0 amide bonds. The Bertz CT molecular complexity index is 1160. The maximum absolute atomic E-state index is 6.14. The molecule has 2 N–H and O–H groups in total. The Morgan fingerprint density at radius 1 is 1.10 bits per heavy atom. The maximum atomic E-state index is 6.14. The van der Waals surface area contributed by atoms with Crippen molar-refractivity contribution < 1.29 is 0 Å². The molecule has 0 aliphatic carbocycles. The number of benzene rings is 1. The number of anilines is 2. The second-order valence-corrected chi connectivity index (χ2v) is 7.53. The Morgan fingerprint density at radius 3 is 2.76 bits per heavy atom.